The van der Waals surface area contributed by atoms with Crippen molar-refractivity contribution < 1.29 is 9.84 Å². The zero-order valence-corrected chi connectivity index (χ0v) is 15.5. The van der Waals surface area contributed by atoms with Crippen LogP contribution in [0.5, 0.6) is 0 Å². The second-order valence-electron chi connectivity index (χ2n) is 6.43. The predicted octanol–water partition coefficient (Wildman–Crippen LogP) is 5.79. The first-order valence-corrected chi connectivity index (χ1v) is 9.55. The van der Waals surface area contributed by atoms with Crippen LogP contribution in [-0.4, -0.2) is 11.7 Å². The molecule has 2 heteroatoms. The lowest BCUT2D eigenvalue weighted by atomic mass is 10.1. The lowest BCUT2D eigenvalue weighted by Gasteiger charge is -2.11. The van der Waals surface area contributed by atoms with E-state index in [1.54, 1.807) is 0 Å². The molecule has 1 atom stereocenters. The van der Waals surface area contributed by atoms with Crippen molar-refractivity contribution >= 4 is 0 Å². The Balaban J connectivity index is 2.03. The van der Waals surface area contributed by atoms with Gasteiger partial charge in [-0.05, 0) is 24.5 Å². The molecular formula is C22H34O2. The molecular weight excluding hydrogens is 296 g/mol. The summed E-state index contributed by atoms with van der Waals surface area (Å²) in [6.07, 6.45) is 11.8. The standard InChI is InChI=1S/C22H34O2/c1-3-4-5-6-7-8-9-10-11-12-13-18-24-20(2)22-16-14-21(19-23)15-17-22/h14-17,20,23H,3-11,18-19H2,1-2H3/t20-/m1/s1. The molecule has 1 rings (SSSR count). The van der Waals surface area contributed by atoms with Crippen LogP contribution in [-0.2, 0) is 11.3 Å². The van der Waals surface area contributed by atoms with Crippen LogP contribution in [0.15, 0.2) is 24.3 Å². The third-order valence-corrected chi connectivity index (χ3v) is 4.32. The Morgan fingerprint density at radius 1 is 0.917 bits per heavy atom. The third-order valence-electron chi connectivity index (χ3n) is 4.32. The maximum atomic E-state index is 9.04. The highest BCUT2D eigenvalue weighted by atomic mass is 16.5. The minimum Gasteiger partial charge on any atom is -0.392 e. The van der Waals surface area contributed by atoms with Gasteiger partial charge in [-0.3, -0.25) is 0 Å². The minimum absolute atomic E-state index is 0.0372. The molecule has 0 saturated heterocycles. The van der Waals surface area contributed by atoms with Gasteiger partial charge in [0.1, 0.15) is 6.61 Å². The summed E-state index contributed by atoms with van der Waals surface area (Å²) in [5.74, 6) is 6.33. The lowest BCUT2D eigenvalue weighted by Crippen LogP contribution is -2.00. The molecule has 134 valence electrons. The van der Waals surface area contributed by atoms with Crippen molar-refractivity contribution in [1.29, 1.82) is 0 Å². The number of benzene rings is 1. The van der Waals surface area contributed by atoms with Gasteiger partial charge in [-0.15, -0.1) is 5.92 Å². The number of aliphatic hydroxyl groups is 1. The van der Waals surface area contributed by atoms with Crippen molar-refractivity contribution in [3.05, 3.63) is 35.4 Å². The van der Waals surface area contributed by atoms with E-state index < -0.39 is 0 Å². The summed E-state index contributed by atoms with van der Waals surface area (Å²) in [5, 5.41) is 9.04. The van der Waals surface area contributed by atoms with Gasteiger partial charge >= 0.3 is 0 Å². The average molecular weight is 331 g/mol. The number of hydrogen-bond acceptors (Lipinski definition) is 2. The third kappa shape index (κ3) is 9.75. The number of aliphatic hydroxyl groups excluding tert-OH is 1. The van der Waals surface area contributed by atoms with E-state index in [0.717, 1.165) is 17.5 Å². The molecule has 0 unspecified atom stereocenters. The Morgan fingerprint density at radius 3 is 2.17 bits per heavy atom. The summed E-state index contributed by atoms with van der Waals surface area (Å²) >= 11 is 0. The molecule has 2 nitrogen and oxygen atoms in total. The fourth-order valence-corrected chi connectivity index (χ4v) is 2.64. The van der Waals surface area contributed by atoms with Crippen LogP contribution in [0.1, 0.15) is 88.9 Å². The molecule has 0 amide bonds. The van der Waals surface area contributed by atoms with E-state index >= 15 is 0 Å². The molecule has 0 bridgehead atoms. The Morgan fingerprint density at radius 2 is 1.54 bits per heavy atom. The van der Waals surface area contributed by atoms with Crippen molar-refractivity contribution in [2.24, 2.45) is 0 Å². The summed E-state index contributed by atoms with van der Waals surface area (Å²) in [6, 6.07) is 7.88. The largest absolute Gasteiger partial charge is 0.392 e. The molecule has 0 spiro atoms. The summed E-state index contributed by atoms with van der Waals surface area (Å²) in [7, 11) is 0. The summed E-state index contributed by atoms with van der Waals surface area (Å²) in [4.78, 5) is 0. The highest BCUT2D eigenvalue weighted by Gasteiger charge is 2.04. The maximum absolute atomic E-state index is 9.04. The lowest BCUT2D eigenvalue weighted by molar-refractivity contribution is 0.0925. The normalized spacial score (nSPS) is 11.8. The van der Waals surface area contributed by atoms with E-state index in [1.807, 2.05) is 31.2 Å². The molecule has 0 aliphatic heterocycles. The molecule has 0 radical (unpaired) electrons. The SMILES string of the molecule is CCCCCCCCCCC#CCO[C@H](C)c1ccc(CO)cc1. The second kappa shape index (κ2) is 14.1. The molecule has 0 fully saturated rings. The van der Waals surface area contributed by atoms with Crippen LogP contribution in [0.3, 0.4) is 0 Å². The molecule has 0 aromatic heterocycles. The van der Waals surface area contributed by atoms with E-state index in [-0.39, 0.29) is 12.7 Å². The van der Waals surface area contributed by atoms with Crippen molar-refractivity contribution in [1.82, 2.24) is 0 Å². The number of rotatable bonds is 12. The number of ether oxygens (including phenoxy) is 1. The van der Waals surface area contributed by atoms with Crippen LogP contribution < -0.4 is 0 Å². The van der Waals surface area contributed by atoms with E-state index in [1.165, 1.54) is 51.4 Å². The minimum atomic E-state index is 0.0372. The van der Waals surface area contributed by atoms with Gasteiger partial charge in [0.25, 0.3) is 0 Å². The van der Waals surface area contributed by atoms with Crippen LogP contribution >= 0.6 is 0 Å². The number of unbranched alkanes of at least 4 members (excludes halogenated alkanes) is 8. The summed E-state index contributed by atoms with van der Waals surface area (Å²) < 4.78 is 5.75. The van der Waals surface area contributed by atoms with Crippen LogP contribution in [0.2, 0.25) is 0 Å². The van der Waals surface area contributed by atoms with Crippen LogP contribution in [0.4, 0.5) is 0 Å². The van der Waals surface area contributed by atoms with E-state index in [9.17, 15) is 0 Å². The van der Waals surface area contributed by atoms with Crippen molar-refractivity contribution in [3.63, 3.8) is 0 Å². The van der Waals surface area contributed by atoms with Crippen molar-refractivity contribution in [2.75, 3.05) is 6.61 Å². The average Bonchev–Trinajstić information content (AvgIpc) is 2.62. The topological polar surface area (TPSA) is 29.5 Å². The smallest absolute Gasteiger partial charge is 0.108 e. The Bertz CT molecular complexity index is 467. The molecule has 0 heterocycles. The fraction of sp³-hybridized carbons (Fsp3) is 0.636. The van der Waals surface area contributed by atoms with E-state index in [0.29, 0.717) is 6.61 Å². The van der Waals surface area contributed by atoms with Crippen LogP contribution in [0, 0.1) is 11.8 Å². The molecule has 1 aromatic rings. The van der Waals surface area contributed by atoms with E-state index in [2.05, 4.69) is 18.8 Å². The first kappa shape index (κ1) is 20.7. The Hall–Kier alpha value is -1.30. The van der Waals surface area contributed by atoms with Gasteiger partial charge in [0, 0.05) is 6.42 Å². The molecule has 0 saturated carbocycles. The van der Waals surface area contributed by atoms with Gasteiger partial charge in [0.15, 0.2) is 0 Å². The second-order valence-corrected chi connectivity index (χ2v) is 6.43. The first-order valence-electron chi connectivity index (χ1n) is 9.55. The highest BCUT2D eigenvalue weighted by molar-refractivity contribution is 5.23. The van der Waals surface area contributed by atoms with Gasteiger partial charge in [0.05, 0.1) is 12.7 Å². The van der Waals surface area contributed by atoms with Crippen LogP contribution in [0.25, 0.3) is 0 Å². The molecule has 0 aliphatic carbocycles. The van der Waals surface area contributed by atoms with Crippen molar-refractivity contribution in [2.45, 2.75) is 84.3 Å². The maximum Gasteiger partial charge on any atom is 0.108 e. The quantitative estimate of drug-likeness (QED) is 0.388. The molecule has 24 heavy (non-hydrogen) atoms. The van der Waals surface area contributed by atoms with E-state index in [4.69, 9.17) is 9.84 Å². The molecule has 1 N–H and O–H groups in total. The summed E-state index contributed by atoms with van der Waals surface area (Å²) in [5.41, 5.74) is 2.05. The zero-order valence-electron chi connectivity index (χ0n) is 15.5. The fourth-order valence-electron chi connectivity index (χ4n) is 2.64. The predicted molar refractivity (Wildman–Crippen MR) is 102 cm³/mol. The van der Waals surface area contributed by atoms with Gasteiger partial charge in [0.2, 0.25) is 0 Å². The Kier molecular flexibility index (Phi) is 12.2. The molecule has 0 aliphatic rings. The zero-order chi connectivity index (χ0) is 17.5. The monoisotopic (exact) mass is 330 g/mol. The van der Waals surface area contributed by atoms with Gasteiger partial charge < -0.3 is 9.84 Å². The molecule has 1 aromatic carbocycles. The van der Waals surface area contributed by atoms with Gasteiger partial charge in [-0.2, -0.15) is 0 Å². The first-order chi connectivity index (χ1) is 11.8. The highest BCUT2D eigenvalue weighted by Crippen LogP contribution is 2.17. The Labute approximate surface area is 148 Å². The van der Waals surface area contributed by atoms with Crippen molar-refractivity contribution in [3.8, 4) is 11.8 Å². The van der Waals surface area contributed by atoms with Gasteiger partial charge in [-0.25, -0.2) is 0 Å². The summed E-state index contributed by atoms with van der Waals surface area (Å²) in [6.45, 7) is 4.86. The number of hydrogen-bond donors (Lipinski definition) is 1. The van der Waals surface area contributed by atoms with Gasteiger partial charge in [-0.1, -0.05) is 82.1 Å².